The van der Waals surface area contributed by atoms with Crippen LogP contribution in [0.5, 0.6) is 5.75 Å². The van der Waals surface area contributed by atoms with Crippen LogP contribution in [0.1, 0.15) is 23.8 Å². The Bertz CT molecular complexity index is 896. The second-order valence-corrected chi connectivity index (χ2v) is 7.97. The Labute approximate surface area is 182 Å². The summed E-state index contributed by atoms with van der Waals surface area (Å²) in [4.78, 5) is 28.5. The molecule has 31 heavy (non-hydrogen) atoms. The number of esters is 1. The molecule has 4 rings (SSSR count). The Hall–Kier alpha value is -2.90. The maximum Gasteiger partial charge on any atom is 0.321 e. The van der Waals surface area contributed by atoms with Crippen LogP contribution in [-0.2, 0) is 24.5 Å². The lowest BCUT2D eigenvalue weighted by molar-refractivity contribution is -0.167. The van der Waals surface area contributed by atoms with Gasteiger partial charge >= 0.3 is 5.97 Å². The molecule has 3 atom stereocenters. The third kappa shape index (κ3) is 4.16. The molecule has 1 amide bonds. The van der Waals surface area contributed by atoms with E-state index in [9.17, 15) is 9.59 Å². The van der Waals surface area contributed by atoms with Crippen LogP contribution in [0.2, 0.25) is 0 Å². The minimum atomic E-state index is -0.821. The molecule has 0 bridgehead atoms. The summed E-state index contributed by atoms with van der Waals surface area (Å²) < 4.78 is 17.0. The van der Waals surface area contributed by atoms with E-state index in [0.29, 0.717) is 32.6 Å². The fourth-order valence-corrected chi connectivity index (χ4v) is 4.30. The van der Waals surface area contributed by atoms with Gasteiger partial charge in [-0.05, 0) is 24.1 Å². The minimum absolute atomic E-state index is 0.225. The van der Waals surface area contributed by atoms with Crippen molar-refractivity contribution >= 4 is 12.4 Å². The van der Waals surface area contributed by atoms with Crippen LogP contribution in [0.3, 0.4) is 0 Å². The molecule has 3 unspecified atom stereocenters. The van der Waals surface area contributed by atoms with E-state index >= 15 is 0 Å². The normalized spacial score (nSPS) is 24.3. The number of nitrogens with zero attached hydrogens (tertiary/aromatic N) is 2. The van der Waals surface area contributed by atoms with Crippen LogP contribution in [0.25, 0.3) is 0 Å². The van der Waals surface area contributed by atoms with Crippen LogP contribution >= 0.6 is 0 Å². The minimum Gasteiger partial charge on any atom is -0.497 e. The molecule has 1 heterocycles. The molecule has 0 N–H and O–H groups in total. The van der Waals surface area contributed by atoms with E-state index in [1.165, 1.54) is 0 Å². The number of benzene rings is 2. The second-order valence-electron chi connectivity index (χ2n) is 7.97. The van der Waals surface area contributed by atoms with Gasteiger partial charge in [-0.3, -0.25) is 14.5 Å². The van der Waals surface area contributed by atoms with Crippen molar-refractivity contribution in [2.75, 3.05) is 40.4 Å². The molecule has 2 aliphatic rings. The number of rotatable bonds is 8. The Balaban J connectivity index is 1.59. The van der Waals surface area contributed by atoms with Gasteiger partial charge in [0, 0.05) is 38.9 Å². The first-order valence-corrected chi connectivity index (χ1v) is 10.5. The Morgan fingerprint density at radius 1 is 1.03 bits per heavy atom. The molecule has 2 aromatic carbocycles. The lowest BCUT2D eigenvalue weighted by Crippen LogP contribution is -2.48. The van der Waals surface area contributed by atoms with Gasteiger partial charge in [0.15, 0.2) is 6.23 Å². The molecule has 2 aromatic rings. The Kier molecular flexibility index (Phi) is 6.25. The van der Waals surface area contributed by atoms with E-state index in [0.717, 1.165) is 23.3 Å². The third-order valence-electron chi connectivity index (χ3n) is 6.28. The number of carbonyl (C=O) groups excluding carboxylic acids is 2. The van der Waals surface area contributed by atoms with Gasteiger partial charge in [-0.25, -0.2) is 0 Å². The molecule has 7 nitrogen and oxygen atoms in total. The Morgan fingerprint density at radius 2 is 1.71 bits per heavy atom. The quantitative estimate of drug-likeness (QED) is 0.479. The molecule has 1 aliphatic heterocycles. The van der Waals surface area contributed by atoms with Crippen molar-refractivity contribution in [3.8, 4) is 5.75 Å². The zero-order valence-corrected chi connectivity index (χ0v) is 17.9. The fourth-order valence-electron chi connectivity index (χ4n) is 4.30. The lowest BCUT2D eigenvalue weighted by atomic mass is 9.95. The predicted octanol–water partition coefficient (Wildman–Crippen LogP) is 2.37. The molecule has 1 aliphatic carbocycles. The molecule has 7 heteroatoms. The molecule has 0 spiro atoms. The zero-order valence-electron chi connectivity index (χ0n) is 17.9. The summed E-state index contributed by atoms with van der Waals surface area (Å²) in [5.41, 5.74) is 0.955. The van der Waals surface area contributed by atoms with E-state index in [4.69, 9.17) is 14.2 Å². The molecular weight excluding hydrogens is 396 g/mol. The molecule has 0 radical (unpaired) electrons. The van der Waals surface area contributed by atoms with Crippen molar-refractivity contribution in [1.82, 2.24) is 9.80 Å². The third-order valence-corrected chi connectivity index (χ3v) is 6.28. The first kappa shape index (κ1) is 21.3. The highest BCUT2D eigenvalue weighted by Gasteiger charge is 2.64. The highest BCUT2D eigenvalue weighted by molar-refractivity contribution is 5.88. The number of methoxy groups -OCH3 is 2. The standard InChI is InChI=1S/C24H28N2O5/c1-29-20-10-8-19(9-11-20)24(16-21(24)30-2)23(28)31-22(18-6-4-3-5-7-18)26-14-12-25(17-27)13-15-26/h3-11,17,21-22H,12-16H2,1-2H3. The topological polar surface area (TPSA) is 68.3 Å². The van der Waals surface area contributed by atoms with Gasteiger partial charge in [-0.2, -0.15) is 0 Å². The van der Waals surface area contributed by atoms with Crippen LogP contribution in [0, 0.1) is 0 Å². The molecule has 164 valence electrons. The highest BCUT2D eigenvalue weighted by Crippen LogP contribution is 2.52. The number of ether oxygens (including phenoxy) is 3. The first-order chi connectivity index (χ1) is 15.1. The molecule has 1 saturated carbocycles. The average Bonchev–Trinajstić information content (AvgIpc) is 3.59. The fraction of sp³-hybridized carbons (Fsp3) is 0.417. The highest BCUT2D eigenvalue weighted by atomic mass is 16.6. The second kappa shape index (κ2) is 9.08. The average molecular weight is 424 g/mol. The smallest absolute Gasteiger partial charge is 0.321 e. The van der Waals surface area contributed by atoms with Crippen molar-refractivity contribution < 1.29 is 23.8 Å². The van der Waals surface area contributed by atoms with Gasteiger partial charge in [-0.15, -0.1) is 0 Å². The van der Waals surface area contributed by atoms with Crippen molar-refractivity contribution in [1.29, 1.82) is 0 Å². The lowest BCUT2D eigenvalue weighted by Gasteiger charge is -2.38. The van der Waals surface area contributed by atoms with Crippen LogP contribution in [0.15, 0.2) is 54.6 Å². The number of carbonyl (C=O) groups is 2. The van der Waals surface area contributed by atoms with Gasteiger partial charge in [0.05, 0.1) is 13.2 Å². The maximum absolute atomic E-state index is 13.6. The summed E-state index contributed by atoms with van der Waals surface area (Å²) in [6, 6.07) is 17.2. The number of piperazine rings is 1. The summed E-state index contributed by atoms with van der Waals surface area (Å²) >= 11 is 0. The van der Waals surface area contributed by atoms with Crippen molar-refractivity contribution in [3.05, 3.63) is 65.7 Å². The molecule has 1 saturated heterocycles. The van der Waals surface area contributed by atoms with Gasteiger partial charge < -0.3 is 19.1 Å². The maximum atomic E-state index is 13.6. The Morgan fingerprint density at radius 3 is 2.26 bits per heavy atom. The van der Waals surface area contributed by atoms with E-state index in [2.05, 4.69) is 4.90 Å². The van der Waals surface area contributed by atoms with E-state index in [1.807, 2.05) is 54.6 Å². The van der Waals surface area contributed by atoms with Crippen molar-refractivity contribution in [3.63, 3.8) is 0 Å². The number of hydrogen-bond acceptors (Lipinski definition) is 6. The van der Waals surface area contributed by atoms with Gasteiger partial charge in [-0.1, -0.05) is 42.5 Å². The summed E-state index contributed by atoms with van der Waals surface area (Å²) in [5, 5.41) is 0. The first-order valence-electron chi connectivity index (χ1n) is 10.5. The largest absolute Gasteiger partial charge is 0.497 e. The van der Waals surface area contributed by atoms with Crippen LogP contribution in [-0.4, -0.2) is 68.7 Å². The summed E-state index contributed by atoms with van der Waals surface area (Å²) in [5.74, 6) is 0.438. The SMILES string of the molecule is COc1ccc(C2(C(=O)OC(c3ccccc3)N3CCN(C=O)CC3)CC2OC)cc1. The number of hydrogen-bond donors (Lipinski definition) is 0. The zero-order chi connectivity index (χ0) is 21.8. The summed E-state index contributed by atoms with van der Waals surface area (Å²) in [7, 11) is 3.24. The monoisotopic (exact) mass is 424 g/mol. The van der Waals surface area contributed by atoms with E-state index in [1.54, 1.807) is 19.1 Å². The predicted molar refractivity (Wildman–Crippen MR) is 115 cm³/mol. The molecular formula is C24H28N2O5. The van der Waals surface area contributed by atoms with Gasteiger partial charge in [0.1, 0.15) is 11.2 Å². The van der Waals surface area contributed by atoms with E-state index < -0.39 is 11.6 Å². The van der Waals surface area contributed by atoms with Gasteiger partial charge in [0.2, 0.25) is 6.41 Å². The summed E-state index contributed by atoms with van der Waals surface area (Å²) in [6.45, 7) is 2.48. The van der Waals surface area contributed by atoms with Crippen LogP contribution < -0.4 is 4.74 Å². The van der Waals surface area contributed by atoms with Gasteiger partial charge in [0.25, 0.3) is 0 Å². The number of amides is 1. The molecule has 2 fully saturated rings. The van der Waals surface area contributed by atoms with Crippen LogP contribution in [0.4, 0.5) is 0 Å². The molecule has 0 aromatic heterocycles. The summed E-state index contributed by atoms with van der Waals surface area (Å²) in [6.07, 6.45) is 0.703. The van der Waals surface area contributed by atoms with Crippen molar-refractivity contribution in [2.45, 2.75) is 24.2 Å². The van der Waals surface area contributed by atoms with Crippen molar-refractivity contribution in [2.24, 2.45) is 0 Å². The van der Waals surface area contributed by atoms with E-state index in [-0.39, 0.29) is 12.1 Å².